The summed E-state index contributed by atoms with van der Waals surface area (Å²) in [6.07, 6.45) is 7.26. The van der Waals surface area contributed by atoms with E-state index in [4.69, 9.17) is 5.73 Å². The summed E-state index contributed by atoms with van der Waals surface area (Å²) in [6, 6.07) is 0. The first kappa shape index (κ1) is 14.2. The lowest BCUT2D eigenvalue weighted by molar-refractivity contribution is 0.534. The molecule has 0 aliphatic rings. The first-order valence-corrected chi connectivity index (χ1v) is 4.99. The van der Waals surface area contributed by atoms with Gasteiger partial charge in [-0.3, -0.25) is 0 Å². The van der Waals surface area contributed by atoms with Crippen molar-refractivity contribution in [1.82, 2.24) is 0 Å². The summed E-state index contributed by atoms with van der Waals surface area (Å²) in [7, 11) is 0. The summed E-state index contributed by atoms with van der Waals surface area (Å²) < 4.78 is 0. The van der Waals surface area contributed by atoms with Gasteiger partial charge in [0.25, 0.3) is 0 Å². The summed E-state index contributed by atoms with van der Waals surface area (Å²) in [5.41, 5.74) is 4.91. The third-order valence-corrected chi connectivity index (χ3v) is 1.55. The molecule has 0 radical (unpaired) electrons. The minimum atomic E-state index is 0.583. The molecule has 0 fully saturated rings. The van der Waals surface area contributed by atoms with E-state index in [-0.39, 0.29) is 0 Å². The molecule has 1 nitrogen and oxygen atoms in total. The molecular formula is C11H25N. The second-order valence-electron chi connectivity index (χ2n) is 3.41. The van der Waals surface area contributed by atoms with E-state index in [2.05, 4.69) is 27.4 Å². The van der Waals surface area contributed by atoms with Crippen molar-refractivity contribution in [1.29, 1.82) is 0 Å². The van der Waals surface area contributed by atoms with E-state index in [1.807, 2.05) is 0 Å². The fourth-order valence-corrected chi connectivity index (χ4v) is 0.803. The summed E-state index contributed by atoms with van der Waals surface area (Å²) in [5, 5.41) is 0. The van der Waals surface area contributed by atoms with E-state index >= 15 is 0 Å². The lowest BCUT2D eigenvalue weighted by Crippen LogP contribution is -1.90. The molecule has 0 unspecified atom stereocenters. The van der Waals surface area contributed by atoms with E-state index in [9.17, 15) is 0 Å². The summed E-state index contributed by atoms with van der Waals surface area (Å²) >= 11 is 0. The maximum absolute atomic E-state index is 4.91. The smallest absolute Gasteiger partial charge is 0.0104 e. The normalized spacial score (nSPS) is 9.08. The van der Waals surface area contributed by atoms with Crippen LogP contribution in [0.1, 0.15) is 46.5 Å². The first-order chi connectivity index (χ1) is 5.68. The van der Waals surface area contributed by atoms with Crippen LogP contribution in [0, 0.1) is 5.92 Å². The van der Waals surface area contributed by atoms with Crippen molar-refractivity contribution >= 4 is 0 Å². The SMILES string of the molecule is C=CCN.CCCCCC(C)C. The maximum atomic E-state index is 4.91. The quantitative estimate of drug-likeness (QED) is 0.498. The molecular weight excluding hydrogens is 146 g/mol. The molecule has 0 aromatic heterocycles. The average molecular weight is 171 g/mol. The number of rotatable bonds is 5. The fourth-order valence-electron chi connectivity index (χ4n) is 0.803. The zero-order valence-corrected chi connectivity index (χ0v) is 8.97. The van der Waals surface area contributed by atoms with E-state index in [1.54, 1.807) is 6.08 Å². The monoisotopic (exact) mass is 171 g/mol. The van der Waals surface area contributed by atoms with Crippen LogP contribution in [0.5, 0.6) is 0 Å². The second-order valence-corrected chi connectivity index (χ2v) is 3.41. The average Bonchev–Trinajstić information content (AvgIpc) is 2.05. The van der Waals surface area contributed by atoms with Gasteiger partial charge < -0.3 is 5.73 Å². The number of nitrogens with two attached hydrogens (primary N) is 1. The van der Waals surface area contributed by atoms with Gasteiger partial charge in [0.1, 0.15) is 0 Å². The molecule has 0 rings (SSSR count). The predicted octanol–water partition coefficient (Wildman–Crippen LogP) is 3.35. The van der Waals surface area contributed by atoms with Gasteiger partial charge >= 0.3 is 0 Å². The Balaban J connectivity index is 0. The highest BCUT2D eigenvalue weighted by atomic mass is 14.5. The van der Waals surface area contributed by atoms with Crippen LogP contribution < -0.4 is 5.73 Å². The Bertz CT molecular complexity index is 77.1. The number of unbranched alkanes of at least 4 members (excludes halogenated alkanes) is 2. The molecule has 0 atom stereocenters. The maximum Gasteiger partial charge on any atom is 0.0104 e. The minimum absolute atomic E-state index is 0.583. The van der Waals surface area contributed by atoms with Crippen molar-refractivity contribution in [2.75, 3.05) is 6.54 Å². The molecule has 0 bridgehead atoms. The summed E-state index contributed by atoms with van der Waals surface area (Å²) in [5.74, 6) is 0.904. The third kappa shape index (κ3) is 22.6. The predicted molar refractivity (Wildman–Crippen MR) is 58.2 cm³/mol. The van der Waals surface area contributed by atoms with Gasteiger partial charge in [-0.25, -0.2) is 0 Å². The van der Waals surface area contributed by atoms with Crippen molar-refractivity contribution in [3.05, 3.63) is 12.7 Å². The van der Waals surface area contributed by atoms with Crippen LogP contribution in [0.15, 0.2) is 12.7 Å². The van der Waals surface area contributed by atoms with Crippen LogP contribution in [0.4, 0.5) is 0 Å². The van der Waals surface area contributed by atoms with Crippen LogP contribution in [0.2, 0.25) is 0 Å². The molecule has 0 spiro atoms. The lowest BCUT2D eigenvalue weighted by Gasteiger charge is -2.00. The molecule has 0 amide bonds. The molecule has 0 aromatic carbocycles. The van der Waals surface area contributed by atoms with Crippen LogP contribution in [-0.4, -0.2) is 6.54 Å². The topological polar surface area (TPSA) is 26.0 Å². The molecule has 1 heteroatoms. The van der Waals surface area contributed by atoms with Crippen molar-refractivity contribution in [2.24, 2.45) is 11.7 Å². The van der Waals surface area contributed by atoms with Crippen molar-refractivity contribution in [3.8, 4) is 0 Å². The summed E-state index contributed by atoms with van der Waals surface area (Å²) in [6.45, 7) is 10.8. The van der Waals surface area contributed by atoms with Crippen molar-refractivity contribution in [2.45, 2.75) is 46.5 Å². The van der Waals surface area contributed by atoms with Gasteiger partial charge in [0.05, 0.1) is 0 Å². The van der Waals surface area contributed by atoms with Crippen LogP contribution >= 0.6 is 0 Å². The molecule has 0 aliphatic carbocycles. The molecule has 74 valence electrons. The Morgan fingerprint density at radius 2 is 1.83 bits per heavy atom. The highest BCUT2D eigenvalue weighted by Gasteiger charge is 1.90. The van der Waals surface area contributed by atoms with Gasteiger partial charge in [0, 0.05) is 6.54 Å². The zero-order valence-electron chi connectivity index (χ0n) is 8.97. The van der Waals surface area contributed by atoms with Gasteiger partial charge in [0.2, 0.25) is 0 Å². The molecule has 0 aliphatic heterocycles. The highest BCUT2D eigenvalue weighted by Crippen LogP contribution is 2.06. The van der Waals surface area contributed by atoms with Gasteiger partial charge in [-0.2, -0.15) is 0 Å². The summed E-state index contributed by atoms with van der Waals surface area (Å²) in [4.78, 5) is 0. The fraction of sp³-hybridized carbons (Fsp3) is 0.818. The molecule has 0 heterocycles. The van der Waals surface area contributed by atoms with E-state index in [0.717, 1.165) is 5.92 Å². The zero-order chi connectivity index (χ0) is 9.82. The molecule has 0 aromatic rings. The Labute approximate surface area is 78.0 Å². The van der Waals surface area contributed by atoms with Gasteiger partial charge in [-0.15, -0.1) is 6.58 Å². The Morgan fingerprint density at radius 3 is 2.08 bits per heavy atom. The molecule has 0 saturated heterocycles. The van der Waals surface area contributed by atoms with Crippen molar-refractivity contribution < 1.29 is 0 Å². The number of hydrogen-bond acceptors (Lipinski definition) is 1. The highest BCUT2D eigenvalue weighted by molar-refractivity contribution is 4.64. The number of hydrogen-bond donors (Lipinski definition) is 1. The Kier molecular flexibility index (Phi) is 15.8. The van der Waals surface area contributed by atoms with Crippen LogP contribution in [0.3, 0.4) is 0 Å². The van der Waals surface area contributed by atoms with Crippen LogP contribution in [-0.2, 0) is 0 Å². The minimum Gasteiger partial charge on any atom is -0.327 e. The largest absolute Gasteiger partial charge is 0.327 e. The standard InChI is InChI=1S/C8H18.C3H7N/c1-4-5-6-7-8(2)3;1-2-3-4/h8H,4-7H2,1-3H3;2H,1,3-4H2. The second kappa shape index (κ2) is 13.3. The van der Waals surface area contributed by atoms with E-state index in [1.165, 1.54) is 25.7 Å². The lowest BCUT2D eigenvalue weighted by atomic mass is 10.1. The first-order valence-electron chi connectivity index (χ1n) is 4.99. The van der Waals surface area contributed by atoms with Gasteiger partial charge in [0.15, 0.2) is 0 Å². The van der Waals surface area contributed by atoms with Gasteiger partial charge in [-0.05, 0) is 5.92 Å². The third-order valence-electron chi connectivity index (χ3n) is 1.55. The van der Waals surface area contributed by atoms with Crippen molar-refractivity contribution in [3.63, 3.8) is 0 Å². The molecule has 12 heavy (non-hydrogen) atoms. The molecule has 2 N–H and O–H groups in total. The Hall–Kier alpha value is -0.300. The van der Waals surface area contributed by atoms with E-state index < -0.39 is 0 Å². The molecule has 0 saturated carbocycles. The van der Waals surface area contributed by atoms with Crippen LogP contribution in [0.25, 0.3) is 0 Å². The Morgan fingerprint density at radius 1 is 1.33 bits per heavy atom. The van der Waals surface area contributed by atoms with Gasteiger partial charge in [-0.1, -0.05) is 52.5 Å². The van der Waals surface area contributed by atoms with E-state index in [0.29, 0.717) is 6.54 Å².